The number of carbonyl (C=O) groups excluding carboxylic acids is 2. The quantitative estimate of drug-likeness (QED) is 0.676. The summed E-state index contributed by atoms with van der Waals surface area (Å²) in [6, 6.07) is 0. The van der Waals surface area contributed by atoms with Crippen LogP contribution in [0.25, 0.3) is 0 Å². The van der Waals surface area contributed by atoms with E-state index in [0.717, 1.165) is 24.8 Å². The van der Waals surface area contributed by atoms with Crippen LogP contribution < -0.4 is 0 Å². The molecular weight excluding hydrogens is 328 g/mol. The van der Waals surface area contributed by atoms with Crippen LogP contribution >= 0.6 is 0 Å². The van der Waals surface area contributed by atoms with Crippen molar-refractivity contribution < 1.29 is 19.1 Å². The zero-order chi connectivity index (χ0) is 19.3. The fraction of sp³-hybridized carbons (Fsp3) is 0.727. The third kappa shape index (κ3) is 3.01. The van der Waals surface area contributed by atoms with Gasteiger partial charge < -0.3 is 9.47 Å². The fourth-order valence-corrected chi connectivity index (χ4v) is 5.22. The average molecular weight is 360 g/mol. The van der Waals surface area contributed by atoms with Gasteiger partial charge in [-0.05, 0) is 52.4 Å². The number of rotatable bonds is 5. The molecule has 4 nitrogen and oxygen atoms in total. The molecular formula is C22H32O4. The van der Waals surface area contributed by atoms with Gasteiger partial charge in [0.05, 0.1) is 6.10 Å². The maximum absolute atomic E-state index is 12.8. The summed E-state index contributed by atoms with van der Waals surface area (Å²) in [6.45, 7) is 13.7. The lowest BCUT2D eigenvalue weighted by Crippen LogP contribution is -2.49. The Hall–Kier alpha value is -1.26. The molecule has 0 unspecified atom stereocenters. The van der Waals surface area contributed by atoms with Gasteiger partial charge in [0.2, 0.25) is 0 Å². The van der Waals surface area contributed by atoms with E-state index in [1.165, 1.54) is 5.57 Å². The van der Waals surface area contributed by atoms with E-state index >= 15 is 0 Å². The standard InChI is InChI=1S/C22H32O4/c1-7-17(24)21(6,8-2)13-18-22(26-20(4,5)25-18)12-14(3)11-15-9-10-16(23)19(15)22/h8,14,18H,2,7,9-13H2,1,3-6H3/t14-,18-,21-,22-/m1/s1. The highest BCUT2D eigenvalue weighted by Gasteiger charge is 2.61. The summed E-state index contributed by atoms with van der Waals surface area (Å²) in [5.41, 5.74) is 0.672. The molecule has 3 aliphatic rings. The molecule has 1 spiro atoms. The van der Waals surface area contributed by atoms with Crippen molar-refractivity contribution in [2.75, 3.05) is 0 Å². The average Bonchev–Trinajstić information content (AvgIpc) is 3.04. The van der Waals surface area contributed by atoms with Crippen LogP contribution in [0.3, 0.4) is 0 Å². The molecule has 3 rings (SSSR count). The molecule has 1 heterocycles. The minimum absolute atomic E-state index is 0.145. The molecule has 1 saturated heterocycles. The van der Waals surface area contributed by atoms with E-state index in [4.69, 9.17) is 9.47 Å². The Bertz CT molecular complexity index is 674. The molecule has 2 aliphatic carbocycles. The zero-order valence-electron chi connectivity index (χ0n) is 16.8. The molecule has 0 bridgehead atoms. The topological polar surface area (TPSA) is 52.6 Å². The lowest BCUT2D eigenvalue weighted by molar-refractivity contribution is -0.162. The molecule has 4 heteroatoms. The summed E-state index contributed by atoms with van der Waals surface area (Å²) < 4.78 is 12.8. The van der Waals surface area contributed by atoms with Gasteiger partial charge in [0.1, 0.15) is 11.4 Å². The van der Waals surface area contributed by atoms with Crippen LogP contribution in [0.4, 0.5) is 0 Å². The number of carbonyl (C=O) groups is 2. The predicted molar refractivity (Wildman–Crippen MR) is 101 cm³/mol. The van der Waals surface area contributed by atoms with E-state index in [1.807, 2.05) is 27.7 Å². The lowest BCUT2D eigenvalue weighted by Gasteiger charge is -2.42. The SMILES string of the molecule is C=C[C@](C)(C[C@H]1OC(C)(C)O[C@]12C[C@H](C)CC1=C2C(=O)CC1)C(=O)CC. The van der Waals surface area contributed by atoms with Crippen molar-refractivity contribution in [3.05, 3.63) is 23.8 Å². The first-order valence-corrected chi connectivity index (χ1v) is 9.87. The first-order valence-electron chi connectivity index (χ1n) is 9.87. The Morgan fingerprint density at radius 3 is 2.69 bits per heavy atom. The van der Waals surface area contributed by atoms with Crippen LogP contribution in [0.15, 0.2) is 23.8 Å². The zero-order valence-corrected chi connectivity index (χ0v) is 16.8. The van der Waals surface area contributed by atoms with Crippen molar-refractivity contribution >= 4 is 11.6 Å². The largest absolute Gasteiger partial charge is 0.344 e. The van der Waals surface area contributed by atoms with E-state index in [1.54, 1.807) is 6.08 Å². The molecule has 144 valence electrons. The maximum Gasteiger partial charge on any atom is 0.164 e. The monoisotopic (exact) mass is 360 g/mol. The molecule has 1 aliphatic heterocycles. The maximum atomic E-state index is 12.8. The number of fused-ring (bicyclic) bond motifs is 1. The van der Waals surface area contributed by atoms with Crippen molar-refractivity contribution in [3.63, 3.8) is 0 Å². The van der Waals surface area contributed by atoms with Gasteiger partial charge in [-0.3, -0.25) is 9.59 Å². The molecule has 0 aromatic carbocycles. The Morgan fingerprint density at radius 2 is 2.08 bits per heavy atom. The van der Waals surface area contributed by atoms with Crippen molar-refractivity contribution in [3.8, 4) is 0 Å². The van der Waals surface area contributed by atoms with Crippen LogP contribution in [0.2, 0.25) is 0 Å². The summed E-state index contributed by atoms with van der Waals surface area (Å²) in [6.07, 6.45) is 5.49. The van der Waals surface area contributed by atoms with Gasteiger partial charge in [-0.25, -0.2) is 0 Å². The number of hydrogen-bond donors (Lipinski definition) is 0. The number of hydrogen-bond acceptors (Lipinski definition) is 4. The molecule has 4 atom stereocenters. The third-order valence-electron chi connectivity index (χ3n) is 6.35. The number of ketones is 2. The Morgan fingerprint density at radius 1 is 1.38 bits per heavy atom. The van der Waals surface area contributed by atoms with Crippen molar-refractivity contribution in [1.29, 1.82) is 0 Å². The molecule has 0 radical (unpaired) electrons. The van der Waals surface area contributed by atoms with Crippen LogP contribution in [-0.2, 0) is 19.1 Å². The van der Waals surface area contributed by atoms with Gasteiger partial charge in [-0.15, -0.1) is 6.58 Å². The van der Waals surface area contributed by atoms with Gasteiger partial charge in [0, 0.05) is 23.8 Å². The predicted octanol–water partition coefficient (Wildman–Crippen LogP) is 4.53. The molecule has 0 aromatic heterocycles. The highest BCUT2D eigenvalue weighted by Crippen LogP contribution is 2.55. The van der Waals surface area contributed by atoms with Crippen molar-refractivity contribution in [1.82, 2.24) is 0 Å². The molecule has 1 fully saturated rings. The summed E-state index contributed by atoms with van der Waals surface area (Å²) in [5.74, 6) is -0.0105. The second kappa shape index (κ2) is 6.42. The third-order valence-corrected chi connectivity index (χ3v) is 6.35. The van der Waals surface area contributed by atoms with Crippen molar-refractivity contribution in [2.24, 2.45) is 11.3 Å². The Balaban J connectivity index is 2.06. The second-order valence-corrected chi connectivity index (χ2v) is 9.02. The molecule has 0 aromatic rings. The first kappa shape index (κ1) is 19.5. The van der Waals surface area contributed by atoms with Crippen LogP contribution in [0.5, 0.6) is 0 Å². The number of Topliss-reactive ketones (excluding diaryl/α,β-unsaturated/α-hetero) is 2. The minimum atomic E-state index is -0.778. The van der Waals surface area contributed by atoms with E-state index in [9.17, 15) is 9.59 Å². The number of ether oxygens (including phenoxy) is 2. The highest BCUT2D eigenvalue weighted by molar-refractivity contribution is 6.01. The van der Waals surface area contributed by atoms with Crippen LogP contribution in [-0.4, -0.2) is 29.1 Å². The Labute approximate surface area is 157 Å². The second-order valence-electron chi connectivity index (χ2n) is 9.02. The van der Waals surface area contributed by atoms with E-state index < -0.39 is 16.8 Å². The molecule has 0 N–H and O–H groups in total. The lowest BCUT2D eigenvalue weighted by atomic mass is 9.68. The van der Waals surface area contributed by atoms with E-state index in [-0.39, 0.29) is 17.7 Å². The molecule has 0 amide bonds. The molecule has 26 heavy (non-hydrogen) atoms. The summed E-state index contributed by atoms with van der Waals surface area (Å²) in [7, 11) is 0. The van der Waals surface area contributed by atoms with Crippen LogP contribution in [0, 0.1) is 11.3 Å². The summed E-state index contributed by atoms with van der Waals surface area (Å²) in [5, 5.41) is 0. The fourth-order valence-electron chi connectivity index (χ4n) is 5.22. The van der Waals surface area contributed by atoms with Gasteiger partial charge in [0.15, 0.2) is 11.6 Å². The van der Waals surface area contributed by atoms with E-state index in [0.29, 0.717) is 25.2 Å². The minimum Gasteiger partial charge on any atom is -0.344 e. The van der Waals surface area contributed by atoms with E-state index in [2.05, 4.69) is 13.5 Å². The first-order chi connectivity index (χ1) is 12.1. The molecule has 0 saturated carbocycles. The number of allylic oxidation sites excluding steroid dienone is 2. The van der Waals surface area contributed by atoms with Gasteiger partial charge >= 0.3 is 0 Å². The van der Waals surface area contributed by atoms with Gasteiger partial charge in [-0.1, -0.05) is 25.5 Å². The van der Waals surface area contributed by atoms with Gasteiger partial charge in [0.25, 0.3) is 0 Å². The summed E-state index contributed by atoms with van der Waals surface area (Å²) >= 11 is 0. The smallest absolute Gasteiger partial charge is 0.164 e. The van der Waals surface area contributed by atoms with Crippen molar-refractivity contribution in [2.45, 2.75) is 90.6 Å². The Kier molecular flexibility index (Phi) is 4.81. The summed E-state index contributed by atoms with van der Waals surface area (Å²) in [4.78, 5) is 25.4. The van der Waals surface area contributed by atoms with Crippen LogP contribution in [0.1, 0.15) is 73.1 Å². The van der Waals surface area contributed by atoms with Gasteiger partial charge in [-0.2, -0.15) is 0 Å². The highest BCUT2D eigenvalue weighted by atomic mass is 16.8. The normalized spacial score (nSPS) is 35.5.